The number of thiophene rings is 1. The van der Waals surface area contributed by atoms with Gasteiger partial charge in [0.05, 0.1) is 10.6 Å². The van der Waals surface area contributed by atoms with Gasteiger partial charge in [-0.3, -0.25) is 4.79 Å². The molecule has 4 nitrogen and oxygen atoms in total. The summed E-state index contributed by atoms with van der Waals surface area (Å²) in [5.41, 5.74) is 1.60. The molecule has 0 aromatic carbocycles. The molecular weight excluding hydrogens is 370 g/mol. The van der Waals surface area contributed by atoms with Gasteiger partial charge in [0.25, 0.3) is 0 Å². The van der Waals surface area contributed by atoms with E-state index in [1.54, 1.807) is 11.0 Å². The van der Waals surface area contributed by atoms with Crippen molar-refractivity contribution in [2.75, 3.05) is 4.90 Å². The molecule has 1 aliphatic carbocycles. The second-order valence-corrected chi connectivity index (χ2v) is 10.1. The SMILES string of the molecule is CC1=CC[C@H](C(=O)N(c2cc(C#CC(C)(C)C)sc2C(=O)O)C(C)C)[C@@H](C)C1. The van der Waals surface area contributed by atoms with Crippen LogP contribution in [0, 0.1) is 29.1 Å². The molecule has 28 heavy (non-hydrogen) atoms. The van der Waals surface area contributed by atoms with Crippen LogP contribution in [0.15, 0.2) is 17.7 Å². The molecule has 0 bridgehead atoms. The van der Waals surface area contributed by atoms with Gasteiger partial charge >= 0.3 is 5.97 Å². The summed E-state index contributed by atoms with van der Waals surface area (Å²) in [4.78, 5) is 27.8. The molecule has 0 fully saturated rings. The van der Waals surface area contributed by atoms with E-state index in [2.05, 4.69) is 31.8 Å². The number of amides is 1. The summed E-state index contributed by atoms with van der Waals surface area (Å²) in [6, 6.07) is 1.63. The van der Waals surface area contributed by atoms with Gasteiger partial charge in [-0.2, -0.15) is 0 Å². The summed E-state index contributed by atoms with van der Waals surface area (Å²) in [6.45, 7) is 14.1. The Bertz CT molecular complexity index is 845. The van der Waals surface area contributed by atoms with E-state index < -0.39 is 5.97 Å². The van der Waals surface area contributed by atoms with Crippen molar-refractivity contribution in [1.29, 1.82) is 0 Å². The zero-order valence-corrected chi connectivity index (χ0v) is 18.7. The Morgan fingerprint density at radius 3 is 2.46 bits per heavy atom. The van der Waals surface area contributed by atoms with Crippen LogP contribution in [-0.2, 0) is 4.79 Å². The van der Waals surface area contributed by atoms with Crippen molar-refractivity contribution < 1.29 is 14.7 Å². The Morgan fingerprint density at radius 2 is 1.96 bits per heavy atom. The monoisotopic (exact) mass is 401 g/mol. The Morgan fingerprint density at radius 1 is 1.32 bits per heavy atom. The van der Waals surface area contributed by atoms with Gasteiger partial charge < -0.3 is 10.0 Å². The first-order valence-corrected chi connectivity index (χ1v) is 10.6. The summed E-state index contributed by atoms with van der Waals surface area (Å²) in [6.07, 6.45) is 3.74. The molecule has 1 aromatic rings. The number of nitrogens with zero attached hydrogens (tertiary/aromatic N) is 1. The number of carbonyl (C=O) groups is 2. The van der Waals surface area contributed by atoms with Crippen LogP contribution in [0.2, 0.25) is 0 Å². The highest BCUT2D eigenvalue weighted by molar-refractivity contribution is 7.15. The number of rotatable bonds is 4. The fourth-order valence-corrected chi connectivity index (χ4v) is 4.33. The molecule has 0 saturated heterocycles. The van der Waals surface area contributed by atoms with Crippen molar-refractivity contribution in [3.63, 3.8) is 0 Å². The van der Waals surface area contributed by atoms with Crippen molar-refractivity contribution in [3.8, 4) is 11.8 Å². The number of carboxylic acid groups (broad SMARTS) is 1. The molecule has 1 heterocycles. The quantitative estimate of drug-likeness (QED) is 0.529. The first-order chi connectivity index (χ1) is 12.9. The highest BCUT2D eigenvalue weighted by atomic mass is 32.1. The van der Waals surface area contributed by atoms with Gasteiger partial charge in [0.2, 0.25) is 5.91 Å². The molecule has 5 heteroatoms. The van der Waals surface area contributed by atoms with Gasteiger partial charge in [0, 0.05) is 17.4 Å². The standard InChI is InChI=1S/C23H31NO3S/c1-14(2)24(21(25)18-9-8-15(3)12-16(18)4)19-13-17(10-11-23(5,6)7)28-20(19)22(26)27/h8,13-14,16,18H,9,12H2,1-7H3,(H,26,27)/t16-,18-/m0/s1. The third kappa shape index (κ3) is 5.26. The molecule has 1 amide bonds. The molecule has 0 saturated carbocycles. The highest BCUT2D eigenvalue weighted by Crippen LogP contribution is 2.36. The van der Waals surface area contributed by atoms with Crippen molar-refractivity contribution in [2.45, 2.75) is 67.3 Å². The number of anilines is 1. The third-order valence-electron chi connectivity index (χ3n) is 4.85. The van der Waals surface area contributed by atoms with Crippen LogP contribution in [-0.4, -0.2) is 23.0 Å². The average Bonchev–Trinajstić information content (AvgIpc) is 2.96. The molecule has 152 valence electrons. The van der Waals surface area contributed by atoms with Crippen molar-refractivity contribution in [2.24, 2.45) is 17.3 Å². The van der Waals surface area contributed by atoms with E-state index in [0.29, 0.717) is 17.0 Å². The number of carboxylic acids is 1. The Hall–Kier alpha value is -2.06. The first kappa shape index (κ1) is 22.2. The molecule has 1 aromatic heterocycles. The predicted octanol–water partition coefficient (Wildman–Crippen LogP) is 5.58. The second-order valence-electron chi connectivity index (χ2n) is 9.01. The lowest BCUT2D eigenvalue weighted by Crippen LogP contribution is -2.44. The lowest BCUT2D eigenvalue weighted by molar-refractivity contribution is -0.124. The lowest BCUT2D eigenvalue weighted by Gasteiger charge is -2.34. The van der Waals surface area contributed by atoms with Crippen LogP contribution in [0.5, 0.6) is 0 Å². The summed E-state index contributed by atoms with van der Waals surface area (Å²) in [5.74, 6) is 5.33. The maximum absolute atomic E-state index is 13.4. The van der Waals surface area contributed by atoms with Crippen LogP contribution < -0.4 is 4.90 Å². The first-order valence-electron chi connectivity index (χ1n) is 9.79. The summed E-state index contributed by atoms with van der Waals surface area (Å²) < 4.78 is 0. The van der Waals surface area contributed by atoms with E-state index in [9.17, 15) is 14.7 Å². The number of hydrogen-bond acceptors (Lipinski definition) is 3. The lowest BCUT2D eigenvalue weighted by atomic mass is 9.80. The van der Waals surface area contributed by atoms with Gasteiger partial charge in [-0.15, -0.1) is 11.3 Å². The largest absolute Gasteiger partial charge is 0.477 e. The van der Waals surface area contributed by atoms with Crippen molar-refractivity contribution >= 4 is 28.9 Å². The minimum absolute atomic E-state index is 0.00174. The summed E-state index contributed by atoms with van der Waals surface area (Å²) in [7, 11) is 0. The second kappa shape index (κ2) is 8.53. The molecule has 1 N–H and O–H groups in total. The van der Waals surface area contributed by atoms with E-state index in [4.69, 9.17) is 0 Å². The minimum atomic E-state index is -1.02. The van der Waals surface area contributed by atoms with Crippen molar-refractivity contribution in [3.05, 3.63) is 27.5 Å². The van der Waals surface area contributed by atoms with Crippen LogP contribution in [0.1, 0.15) is 75.9 Å². The Balaban J connectivity index is 2.47. The van der Waals surface area contributed by atoms with E-state index >= 15 is 0 Å². The molecule has 1 aliphatic rings. The number of aromatic carboxylic acids is 1. The maximum Gasteiger partial charge on any atom is 0.348 e. The predicted molar refractivity (Wildman–Crippen MR) is 116 cm³/mol. The van der Waals surface area contributed by atoms with Crippen LogP contribution in [0.3, 0.4) is 0 Å². The maximum atomic E-state index is 13.4. The molecule has 0 aliphatic heterocycles. The fourth-order valence-electron chi connectivity index (χ4n) is 3.49. The van der Waals surface area contributed by atoms with E-state index in [1.165, 1.54) is 5.57 Å². The highest BCUT2D eigenvalue weighted by Gasteiger charge is 2.35. The van der Waals surface area contributed by atoms with E-state index in [1.807, 2.05) is 34.6 Å². The fraction of sp³-hybridized carbons (Fsp3) is 0.565. The molecule has 0 radical (unpaired) electrons. The van der Waals surface area contributed by atoms with Crippen LogP contribution >= 0.6 is 11.3 Å². The summed E-state index contributed by atoms with van der Waals surface area (Å²) >= 11 is 1.14. The normalized spacial score (nSPS) is 19.6. The van der Waals surface area contributed by atoms with Crippen LogP contribution in [0.4, 0.5) is 5.69 Å². The average molecular weight is 402 g/mol. The number of hydrogen-bond donors (Lipinski definition) is 1. The van der Waals surface area contributed by atoms with Crippen molar-refractivity contribution in [1.82, 2.24) is 0 Å². The smallest absolute Gasteiger partial charge is 0.348 e. The van der Waals surface area contributed by atoms with Gasteiger partial charge in [-0.05, 0) is 66.4 Å². The third-order valence-corrected chi connectivity index (χ3v) is 5.88. The van der Waals surface area contributed by atoms with Gasteiger partial charge in [-0.25, -0.2) is 4.79 Å². The number of carbonyl (C=O) groups excluding carboxylic acids is 1. The van der Waals surface area contributed by atoms with E-state index in [0.717, 1.165) is 17.8 Å². The molecule has 2 atom stereocenters. The molecule has 0 unspecified atom stereocenters. The molecule has 0 spiro atoms. The minimum Gasteiger partial charge on any atom is -0.477 e. The van der Waals surface area contributed by atoms with Gasteiger partial charge in [-0.1, -0.05) is 30.4 Å². The van der Waals surface area contributed by atoms with E-state index in [-0.39, 0.29) is 34.1 Å². The zero-order chi connectivity index (χ0) is 21.2. The summed E-state index contributed by atoms with van der Waals surface area (Å²) in [5, 5.41) is 9.73. The Kier molecular flexibility index (Phi) is 6.77. The molecule has 2 rings (SSSR count). The van der Waals surface area contributed by atoms with Gasteiger partial charge in [0.15, 0.2) is 0 Å². The topological polar surface area (TPSA) is 57.6 Å². The zero-order valence-electron chi connectivity index (χ0n) is 17.9. The van der Waals surface area contributed by atoms with Gasteiger partial charge in [0.1, 0.15) is 4.88 Å². The number of allylic oxidation sites excluding steroid dienone is 2. The molecular formula is C23H31NO3S. The van der Waals surface area contributed by atoms with Crippen LogP contribution in [0.25, 0.3) is 0 Å². The Labute approximate surface area is 172 Å².